The largest absolute Gasteiger partial charge is 0.320 e. The fourth-order valence-electron chi connectivity index (χ4n) is 2.56. The zero-order valence-electron chi connectivity index (χ0n) is 11.1. The van der Waals surface area contributed by atoms with E-state index in [1.54, 1.807) is 17.6 Å². The first-order chi connectivity index (χ1) is 9.02. The minimum Gasteiger partial charge on any atom is -0.320 e. The summed E-state index contributed by atoms with van der Waals surface area (Å²) in [7, 11) is -0.865. The predicted molar refractivity (Wildman–Crippen MR) is 77.5 cm³/mol. The number of rotatable bonds is 4. The highest BCUT2D eigenvalue weighted by atomic mass is 32.2. The molecule has 1 aromatic heterocycles. The Balaban J connectivity index is 1.84. The van der Waals surface area contributed by atoms with Crippen LogP contribution in [0.25, 0.3) is 0 Å². The molecule has 0 bridgehead atoms. The molecule has 19 heavy (non-hydrogen) atoms. The monoisotopic (exact) mass is 298 g/mol. The average Bonchev–Trinajstić information content (AvgIpc) is 2.93. The number of nitrogens with one attached hydrogen (secondary N) is 1. The number of hydrogen-bond acceptors (Lipinski definition) is 4. The predicted octanol–water partition coefficient (Wildman–Crippen LogP) is 1.40. The maximum Gasteiger partial charge on any atom is 0.244 e. The molecule has 2 aliphatic rings. The van der Waals surface area contributed by atoms with Gasteiger partial charge in [-0.15, -0.1) is 11.3 Å². The second-order valence-corrected chi connectivity index (χ2v) is 8.23. The van der Waals surface area contributed by atoms with E-state index in [-0.39, 0.29) is 17.6 Å². The van der Waals surface area contributed by atoms with Crippen LogP contribution in [0.15, 0.2) is 12.1 Å². The van der Waals surface area contributed by atoms with Crippen LogP contribution in [0.3, 0.4) is 0 Å². The third kappa shape index (κ3) is 2.37. The highest BCUT2D eigenvalue weighted by molar-refractivity contribution is 7.84. The van der Waals surface area contributed by atoms with Crippen LogP contribution < -0.4 is 5.32 Å². The van der Waals surface area contributed by atoms with Gasteiger partial charge in [0.05, 0.1) is 0 Å². The Morgan fingerprint density at radius 1 is 1.53 bits per heavy atom. The summed E-state index contributed by atoms with van der Waals surface area (Å²) < 4.78 is 11.3. The topological polar surface area (TPSA) is 49.4 Å². The summed E-state index contributed by atoms with van der Waals surface area (Å²) in [4.78, 5) is 16.8. The first-order valence-electron chi connectivity index (χ1n) is 6.47. The molecule has 1 aliphatic carbocycles. The van der Waals surface area contributed by atoms with Gasteiger partial charge in [0, 0.05) is 39.1 Å². The normalized spacial score (nSPS) is 26.1. The summed E-state index contributed by atoms with van der Waals surface area (Å²) in [6, 6.07) is 4.17. The lowest BCUT2D eigenvalue weighted by molar-refractivity contribution is -0.130. The Labute approximate surface area is 119 Å². The molecule has 3 rings (SSSR count). The van der Waals surface area contributed by atoms with Crippen LogP contribution >= 0.6 is 11.3 Å². The second-order valence-electron chi connectivity index (χ2n) is 5.35. The molecule has 1 saturated carbocycles. The molecule has 2 heterocycles. The SMILES string of the molecule is Cc1ccc(C2NC3(CC3)C(=O)N2CCS(C)=O)s1. The van der Waals surface area contributed by atoms with Crippen molar-refractivity contribution in [2.24, 2.45) is 0 Å². The van der Waals surface area contributed by atoms with E-state index in [9.17, 15) is 9.00 Å². The van der Waals surface area contributed by atoms with Crippen LogP contribution in [0.2, 0.25) is 0 Å². The molecule has 0 aromatic carbocycles. The second kappa shape index (κ2) is 4.68. The molecule has 6 heteroatoms. The van der Waals surface area contributed by atoms with Crippen LogP contribution in [-0.2, 0) is 15.6 Å². The maximum absolute atomic E-state index is 12.5. The number of amides is 1. The van der Waals surface area contributed by atoms with Gasteiger partial charge in [-0.3, -0.25) is 14.3 Å². The summed E-state index contributed by atoms with van der Waals surface area (Å²) in [5.41, 5.74) is -0.308. The summed E-state index contributed by atoms with van der Waals surface area (Å²) in [5, 5.41) is 3.48. The van der Waals surface area contributed by atoms with Gasteiger partial charge in [0.1, 0.15) is 11.7 Å². The molecule has 1 saturated heterocycles. The van der Waals surface area contributed by atoms with E-state index in [1.165, 1.54) is 9.75 Å². The van der Waals surface area contributed by atoms with Crippen molar-refractivity contribution in [2.45, 2.75) is 31.5 Å². The van der Waals surface area contributed by atoms with Crippen LogP contribution in [0, 0.1) is 6.92 Å². The van der Waals surface area contributed by atoms with Crippen LogP contribution in [0.1, 0.15) is 28.8 Å². The Bertz CT molecular complexity index is 537. The lowest BCUT2D eigenvalue weighted by Gasteiger charge is -2.22. The van der Waals surface area contributed by atoms with Crippen molar-refractivity contribution in [1.82, 2.24) is 10.2 Å². The Kier molecular flexibility index (Phi) is 3.27. The molecule has 104 valence electrons. The first-order valence-corrected chi connectivity index (χ1v) is 9.01. The highest BCUT2D eigenvalue weighted by Gasteiger charge is 2.59. The molecule has 1 spiro atoms. The number of nitrogens with zero attached hydrogens (tertiary/aromatic N) is 1. The van der Waals surface area contributed by atoms with E-state index in [0.717, 1.165) is 12.8 Å². The number of thiophene rings is 1. The quantitative estimate of drug-likeness (QED) is 0.914. The van der Waals surface area contributed by atoms with Crippen molar-refractivity contribution < 1.29 is 9.00 Å². The van der Waals surface area contributed by atoms with Crippen molar-refractivity contribution in [3.05, 3.63) is 21.9 Å². The van der Waals surface area contributed by atoms with E-state index < -0.39 is 10.8 Å². The fraction of sp³-hybridized carbons (Fsp3) is 0.615. The Morgan fingerprint density at radius 3 is 2.79 bits per heavy atom. The molecule has 4 nitrogen and oxygen atoms in total. The molecule has 0 radical (unpaired) electrons. The van der Waals surface area contributed by atoms with Crippen molar-refractivity contribution in [2.75, 3.05) is 18.6 Å². The number of hydrogen-bond donors (Lipinski definition) is 1. The summed E-state index contributed by atoms with van der Waals surface area (Å²) in [5.74, 6) is 0.735. The van der Waals surface area contributed by atoms with Crippen LogP contribution in [0.4, 0.5) is 0 Å². The van der Waals surface area contributed by atoms with Gasteiger partial charge < -0.3 is 4.90 Å². The molecule has 1 N–H and O–H groups in total. The molecular formula is C13H18N2O2S2. The van der Waals surface area contributed by atoms with Gasteiger partial charge in [-0.25, -0.2) is 0 Å². The Morgan fingerprint density at radius 2 is 2.26 bits per heavy atom. The van der Waals surface area contributed by atoms with Crippen LogP contribution in [-0.4, -0.2) is 39.1 Å². The summed E-state index contributed by atoms with van der Waals surface area (Å²) in [6.07, 6.45) is 3.51. The van der Waals surface area contributed by atoms with Gasteiger partial charge in [-0.1, -0.05) is 0 Å². The van der Waals surface area contributed by atoms with Gasteiger partial charge in [0.15, 0.2) is 0 Å². The van der Waals surface area contributed by atoms with E-state index >= 15 is 0 Å². The van der Waals surface area contributed by atoms with E-state index in [1.807, 2.05) is 4.90 Å². The average molecular weight is 298 g/mol. The van der Waals surface area contributed by atoms with Gasteiger partial charge in [0.2, 0.25) is 5.91 Å². The van der Waals surface area contributed by atoms with Gasteiger partial charge in [0.25, 0.3) is 0 Å². The third-order valence-corrected chi connectivity index (χ3v) is 5.61. The minimum absolute atomic E-state index is 0.0303. The standard InChI is InChI=1S/C13H18N2O2S2/c1-9-3-4-10(18-9)11-14-13(5-6-13)12(16)15(11)7-8-19(2)17/h3-4,11,14H,5-8H2,1-2H3. The molecule has 2 fully saturated rings. The number of aryl methyl sites for hydroxylation is 1. The lowest BCUT2D eigenvalue weighted by Crippen LogP contribution is -2.34. The summed E-state index contributed by atoms with van der Waals surface area (Å²) in [6.45, 7) is 2.64. The van der Waals surface area contributed by atoms with Gasteiger partial charge in [-0.05, 0) is 31.9 Å². The fourth-order valence-corrected chi connectivity index (χ4v) is 3.95. The maximum atomic E-state index is 12.5. The lowest BCUT2D eigenvalue weighted by atomic mass is 10.3. The zero-order valence-corrected chi connectivity index (χ0v) is 12.8. The van der Waals surface area contributed by atoms with Gasteiger partial charge >= 0.3 is 0 Å². The van der Waals surface area contributed by atoms with Crippen molar-refractivity contribution in [3.63, 3.8) is 0 Å². The Hall–Kier alpha value is -0.720. The molecule has 1 aliphatic heterocycles. The minimum atomic E-state index is -0.865. The third-order valence-electron chi connectivity index (χ3n) is 3.80. The van der Waals surface area contributed by atoms with Gasteiger partial charge in [-0.2, -0.15) is 0 Å². The van der Waals surface area contributed by atoms with Crippen molar-refractivity contribution >= 4 is 28.0 Å². The molecule has 2 unspecified atom stereocenters. The highest BCUT2D eigenvalue weighted by Crippen LogP contribution is 2.46. The summed E-state index contributed by atoms with van der Waals surface area (Å²) >= 11 is 1.72. The zero-order chi connectivity index (χ0) is 13.6. The van der Waals surface area contributed by atoms with E-state index in [2.05, 4.69) is 24.4 Å². The van der Waals surface area contributed by atoms with Crippen molar-refractivity contribution in [1.29, 1.82) is 0 Å². The number of carbonyl (C=O) groups is 1. The smallest absolute Gasteiger partial charge is 0.244 e. The van der Waals surface area contributed by atoms with Crippen LogP contribution in [0.5, 0.6) is 0 Å². The van der Waals surface area contributed by atoms with E-state index in [0.29, 0.717) is 12.3 Å². The number of carbonyl (C=O) groups excluding carboxylic acids is 1. The first kappa shape index (κ1) is 13.3. The van der Waals surface area contributed by atoms with Crippen molar-refractivity contribution in [3.8, 4) is 0 Å². The molecule has 1 amide bonds. The molecule has 1 aromatic rings. The molecular weight excluding hydrogens is 280 g/mol. The molecule has 2 atom stereocenters. The van der Waals surface area contributed by atoms with E-state index in [4.69, 9.17) is 0 Å².